The molecule has 158 valence electrons. The second kappa shape index (κ2) is 11.3. The molecule has 3 aromatic rings. The number of benzene rings is 2. The van der Waals surface area contributed by atoms with Crippen molar-refractivity contribution in [3.63, 3.8) is 0 Å². The summed E-state index contributed by atoms with van der Waals surface area (Å²) in [7, 11) is 1.58. The minimum absolute atomic E-state index is 0.202. The Morgan fingerprint density at radius 1 is 0.900 bits per heavy atom. The molecule has 0 unspecified atom stereocenters. The lowest BCUT2D eigenvalue weighted by atomic mass is 10.2. The van der Waals surface area contributed by atoms with Gasteiger partial charge < -0.3 is 19.5 Å². The molecule has 30 heavy (non-hydrogen) atoms. The van der Waals surface area contributed by atoms with Crippen LogP contribution < -0.4 is 19.5 Å². The van der Waals surface area contributed by atoms with Crippen LogP contribution in [0.2, 0.25) is 15.1 Å². The van der Waals surface area contributed by atoms with Crippen molar-refractivity contribution >= 4 is 34.8 Å². The summed E-state index contributed by atoms with van der Waals surface area (Å²) >= 11 is 18.8. The number of ether oxygens (including phenoxy) is 3. The first kappa shape index (κ1) is 22.5. The second-order valence-electron chi connectivity index (χ2n) is 6.28. The first-order chi connectivity index (χ1) is 14.6. The van der Waals surface area contributed by atoms with Crippen molar-refractivity contribution in [1.82, 2.24) is 10.3 Å². The van der Waals surface area contributed by atoms with E-state index in [0.29, 0.717) is 57.7 Å². The summed E-state index contributed by atoms with van der Waals surface area (Å²) in [5, 5.41) is 4.94. The Bertz CT molecular complexity index is 951. The maximum atomic E-state index is 6.44. The number of aromatic nitrogens is 1. The number of pyridine rings is 1. The number of hydrogen-bond donors (Lipinski definition) is 1. The maximum Gasteiger partial charge on any atom is 0.213 e. The van der Waals surface area contributed by atoms with Gasteiger partial charge in [-0.15, -0.1) is 0 Å². The summed E-state index contributed by atoms with van der Waals surface area (Å²) in [6.07, 6.45) is 1.69. The van der Waals surface area contributed by atoms with Crippen LogP contribution in [-0.2, 0) is 13.2 Å². The maximum absolute atomic E-state index is 6.44. The molecule has 0 saturated carbocycles. The van der Waals surface area contributed by atoms with Crippen molar-refractivity contribution < 1.29 is 14.2 Å². The zero-order chi connectivity index (χ0) is 21.3. The Labute approximate surface area is 190 Å². The summed E-state index contributed by atoms with van der Waals surface area (Å²) in [6.45, 7) is 1.88. The summed E-state index contributed by atoms with van der Waals surface area (Å²) < 4.78 is 16.9. The summed E-state index contributed by atoms with van der Waals surface area (Å²) in [4.78, 5) is 4.11. The lowest BCUT2D eigenvalue weighted by molar-refractivity contribution is 0.284. The predicted octanol–water partition coefficient (Wildman–Crippen LogP) is 5.80. The van der Waals surface area contributed by atoms with Crippen molar-refractivity contribution in [3.05, 3.63) is 80.9 Å². The van der Waals surface area contributed by atoms with E-state index in [1.54, 1.807) is 37.6 Å². The van der Waals surface area contributed by atoms with Crippen LogP contribution in [0.25, 0.3) is 0 Å². The molecule has 0 aliphatic heterocycles. The molecule has 1 aromatic heterocycles. The van der Waals surface area contributed by atoms with Gasteiger partial charge >= 0.3 is 0 Å². The third-order valence-corrected chi connectivity index (χ3v) is 5.31. The van der Waals surface area contributed by atoms with E-state index in [1.165, 1.54) is 0 Å². The molecule has 0 atom stereocenters. The highest BCUT2D eigenvalue weighted by Gasteiger charge is 2.13. The molecular weight excluding hydrogens is 447 g/mol. The number of nitrogens with one attached hydrogen (secondary N) is 1. The summed E-state index contributed by atoms with van der Waals surface area (Å²) in [6, 6.07) is 14.4. The molecule has 0 fully saturated rings. The summed E-state index contributed by atoms with van der Waals surface area (Å²) in [5.41, 5.74) is 1.59. The van der Waals surface area contributed by atoms with Crippen LogP contribution in [0.4, 0.5) is 0 Å². The van der Waals surface area contributed by atoms with E-state index >= 15 is 0 Å². The standard InChI is InChI=1S/C22H21Cl3N2O3/c1-28-20-11-15(13-26-9-10-29-22-7-2-3-8-27-22)19(25)12-21(20)30-14-16-17(23)5-4-6-18(16)24/h2-8,11-12,26H,9-10,13-14H2,1H3. The largest absolute Gasteiger partial charge is 0.493 e. The molecule has 0 aliphatic rings. The number of halogens is 3. The topological polar surface area (TPSA) is 52.6 Å². The normalized spacial score (nSPS) is 10.7. The minimum Gasteiger partial charge on any atom is -0.493 e. The van der Waals surface area contributed by atoms with Crippen LogP contribution in [-0.4, -0.2) is 25.2 Å². The zero-order valence-corrected chi connectivity index (χ0v) is 18.6. The minimum atomic E-state index is 0.202. The van der Waals surface area contributed by atoms with Crippen LogP contribution in [0.3, 0.4) is 0 Å². The van der Waals surface area contributed by atoms with E-state index in [-0.39, 0.29) is 6.61 Å². The van der Waals surface area contributed by atoms with E-state index in [9.17, 15) is 0 Å². The first-order valence-electron chi connectivity index (χ1n) is 9.25. The molecule has 0 amide bonds. The Morgan fingerprint density at radius 2 is 1.70 bits per heavy atom. The van der Waals surface area contributed by atoms with Gasteiger partial charge in [0.15, 0.2) is 11.5 Å². The molecule has 1 heterocycles. The number of rotatable bonds is 10. The van der Waals surface area contributed by atoms with Crippen LogP contribution in [0.15, 0.2) is 54.7 Å². The van der Waals surface area contributed by atoms with Crippen LogP contribution in [0.1, 0.15) is 11.1 Å². The van der Waals surface area contributed by atoms with Crippen molar-refractivity contribution in [1.29, 1.82) is 0 Å². The van der Waals surface area contributed by atoms with Gasteiger partial charge in [0.05, 0.1) is 7.11 Å². The average Bonchev–Trinajstić information content (AvgIpc) is 2.75. The monoisotopic (exact) mass is 466 g/mol. The van der Waals surface area contributed by atoms with E-state index < -0.39 is 0 Å². The van der Waals surface area contributed by atoms with E-state index in [1.807, 2.05) is 24.3 Å². The van der Waals surface area contributed by atoms with Gasteiger partial charge in [-0.25, -0.2) is 4.98 Å². The van der Waals surface area contributed by atoms with Crippen LogP contribution >= 0.6 is 34.8 Å². The van der Waals surface area contributed by atoms with Crippen LogP contribution in [0.5, 0.6) is 17.4 Å². The Morgan fingerprint density at radius 3 is 2.40 bits per heavy atom. The van der Waals surface area contributed by atoms with E-state index in [0.717, 1.165) is 5.56 Å². The lowest BCUT2D eigenvalue weighted by Crippen LogP contribution is -2.21. The predicted molar refractivity (Wildman–Crippen MR) is 120 cm³/mol. The lowest BCUT2D eigenvalue weighted by Gasteiger charge is -2.15. The van der Waals surface area contributed by atoms with Gasteiger partial charge in [-0.2, -0.15) is 0 Å². The number of nitrogens with zero attached hydrogens (tertiary/aromatic N) is 1. The Hall–Kier alpha value is -2.18. The fourth-order valence-electron chi connectivity index (χ4n) is 2.69. The van der Waals surface area contributed by atoms with Crippen molar-refractivity contribution in [2.45, 2.75) is 13.2 Å². The molecule has 8 heteroatoms. The fourth-order valence-corrected chi connectivity index (χ4v) is 3.42. The van der Waals surface area contributed by atoms with E-state index in [4.69, 9.17) is 49.0 Å². The highest BCUT2D eigenvalue weighted by Crippen LogP contribution is 2.35. The SMILES string of the molecule is COc1cc(CNCCOc2ccccn2)c(Cl)cc1OCc1c(Cl)cccc1Cl. The van der Waals surface area contributed by atoms with Gasteiger partial charge in [0.25, 0.3) is 0 Å². The fraction of sp³-hybridized carbons (Fsp3) is 0.227. The van der Waals surface area contributed by atoms with Gasteiger partial charge in [-0.3, -0.25) is 0 Å². The molecule has 2 aromatic carbocycles. The molecule has 0 saturated heterocycles. The number of hydrogen-bond acceptors (Lipinski definition) is 5. The molecule has 0 bridgehead atoms. The van der Waals surface area contributed by atoms with Crippen molar-refractivity contribution in [2.75, 3.05) is 20.3 Å². The van der Waals surface area contributed by atoms with Gasteiger partial charge in [0, 0.05) is 52.1 Å². The zero-order valence-electron chi connectivity index (χ0n) is 16.3. The van der Waals surface area contributed by atoms with Crippen molar-refractivity contribution in [3.8, 4) is 17.4 Å². The first-order valence-corrected chi connectivity index (χ1v) is 10.4. The molecular formula is C22H21Cl3N2O3. The third kappa shape index (κ3) is 6.16. The summed E-state index contributed by atoms with van der Waals surface area (Å²) in [5.74, 6) is 1.68. The van der Waals surface area contributed by atoms with Gasteiger partial charge in [-0.05, 0) is 29.8 Å². The Balaban J connectivity index is 1.56. The highest BCUT2D eigenvalue weighted by atomic mass is 35.5. The molecule has 5 nitrogen and oxygen atoms in total. The number of methoxy groups -OCH3 is 1. The molecule has 1 N–H and O–H groups in total. The van der Waals surface area contributed by atoms with Crippen molar-refractivity contribution in [2.24, 2.45) is 0 Å². The molecule has 0 spiro atoms. The molecule has 3 rings (SSSR count). The average molecular weight is 468 g/mol. The molecule has 0 aliphatic carbocycles. The quantitative estimate of drug-likeness (QED) is 0.382. The second-order valence-corrected chi connectivity index (χ2v) is 7.50. The third-order valence-electron chi connectivity index (χ3n) is 4.25. The smallest absolute Gasteiger partial charge is 0.213 e. The van der Waals surface area contributed by atoms with Gasteiger partial charge in [0.1, 0.15) is 13.2 Å². The highest BCUT2D eigenvalue weighted by molar-refractivity contribution is 6.36. The van der Waals surface area contributed by atoms with Gasteiger partial charge in [0.2, 0.25) is 5.88 Å². The van der Waals surface area contributed by atoms with Crippen LogP contribution in [0, 0.1) is 0 Å². The van der Waals surface area contributed by atoms with E-state index in [2.05, 4.69) is 10.3 Å². The molecule has 0 radical (unpaired) electrons. The Kier molecular flexibility index (Phi) is 8.46. The van der Waals surface area contributed by atoms with Gasteiger partial charge in [-0.1, -0.05) is 46.9 Å².